The molecule has 1 aliphatic heterocycles. The molecule has 3 aromatic rings. The normalized spacial score (nSPS) is 18.8. The van der Waals surface area contributed by atoms with Gasteiger partial charge in [0.15, 0.2) is 0 Å². The molecule has 3 N–H and O–H groups in total. The van der Waals surface area contributed by atoms with Crippen LogP contribution in [0.3, 0.4) is 0 Å². The number of benzene rings is 2. The van der Waals surface area contributed by atoms with Crippen molar-refractivity contribution in [3.63, 3.8) is 0 Å². The zero-order chi connectivity index (χ0) is 25.8. The molecule has 194 valence electrons. The first kappa shape index (κ1) is 26.7. The molecule has 0 bridgehead atoms. The molecule has 1 aromatic heterocycles. The third-order valence-electron chi connectivity index (χ3n) is 6.81. The van der Waals surface area contributed by atoms with Gasteiger partial charge < -0.3 is 20.1 Å². The van der Waals surface area contributed by atoms with Crippen molar-refractivity contribution in [1.82, 2.24) is 15.2 Å². The number of aromatic amines is 1. The van der Waals surface area contributed by atoms with Gasteiger partial charge in [-0.2, -0.15) is 0 Å². The number of halogens is 3. The Labute approximate surface area is 220 Å². The van der Waals surface area contributed by atoms with Crippen molar-refractivity contribution in [3.05, 3.63) is 63.3 Å². The number of para-hydroxylation sites is 1. The summed E-state index contributed by atoms with van der Waals surface area (Å²) >= 11 is 13.7. The molecule has 2 heterocycles. The zero-order valence-electron chi connectivity index (χ0n) is 20.5. The van der Waals surface area contributed by atoms with Gasteiger partial charge in [0.25, 0.3) is 0 Å². The summed E-state index contributed by atoms with van der Waals surface area (Å²) in [5, 5.41) is 14.8. The lowest BCUT2D eigenvalue weighted by Crippen LogP contribution is -2.46. The number of carboxylic acid groups (broad SMARTS) is 1. The van der Waals surface area contributed by atoms with Crippen molar-refractivity contribution in [2.45, 2.75) is 38.8 Å². The molecule has 0 fully saturated rings. The van der Waals surface area contributed by atoms with E-state index in [1.165, 1.54) is 5.56 Å². The molecule has 0 saturated heterocycles. The van der Waals surface area contributed by atoms with Crippen molar-refractivity contribution >= 4 is 40.1 Å². The Morgan fingerprint density at radius 3 is 2.81 bits per heavy atom. The predicted octanol–water partition coefficient (Wildman–Crippen LogP) is 5.86. The number of ether oxygens (including phenoxy) is 1. The number of carboxylic acids is 1. The molecule has 2 aromatic carbocycles. The fourth-order valence-electron chi connectivity index (χ4n) is 4.96. The first-order valence-electron chi connectivity index (χ1n) is 12.3. The summed E-state index contributed by atoms with van der Waals surface area (Å²) in [6.45, 7) is 5.32. The van der Waals surface area contributed by atoms with Crippen LogP contribution >= 0.6 is 23.2 Å². The monoisotopic (exact) mass is 535 g/mol. The number of hydrogen-bond acceptors (Lipinski definition) is 4. The SMILES string of the molecule is CC(CN1C(c2c(Cl)ccc(OCCNCCCF)c2Cl)c2[nH]c3ccccc3c2C[C@H]1C)C(=O)O. The largest absolute Gasteiger partial charge is 0.491 e. The number of nitrogens with one attached hydrogen (secondary N) is 2. The van der Waals surface area contributed by atoms with Crippen LogP contribution in [-0.2, 0) is 11.2 Å². The summed E-state index contributed by atoms with van der Waals surface area (Å²) in [6, 6.07) is 11.4. The summed E-state index contributed by atoms with van der Waals surface area (Å²) in [4.78, 5) is 17.5. The first-order valence-corrected chi connectivity index (χ1v) is 13.0. The molecular weight excluding hydrogens is 504 g/mol. The molecule has 6 nitrogen and oxygen atoms in total. The standard InChI is InChI=1S/C27H32Cl2FN3O3/c1-16(27(34)35)15-33-17(2)14-19-18-6-3-4-7-21(18)32-25(19)26(33)23-20(28)8-9-22(24(23)29)36-13-12-31-11-5-10-30/h3-4,6-9,16-17,26,31-32H,5,10-15H2,1-2H3,(H,34,35)/t16?,17-,26?/m1/s1. The number of H-pyrrole nitrogens is 1. The van der Waals surface area contributed by atoms with Gasteiger partial charge in [-0.1, -0.05) is 48.3 Å². The molecule has 2 unspecified atom stereocenters. The van der Waals surface area contributed by atoms with E-state index in [-0.39, 0.29) is 18.8 Å². The highest BCUT2D eigenvalue weighted by molar-refractivity contribution is 6.37. The fourth-order valence-corrected chi connectivity index (χ4v) is 5.59. The molecule has 0 amide bonds. The van der Waals surface area contributed by atoms with Gasteiger partial charge in [0.2, 0.25) is 0 Å². The summed E-state index contributed by atoms with van der Waals surface area (Å²) in [5.41, 5.74) is 3.88. The van der Waals surface area contributed by atoms with Crippen LogP contribution in [0.1, 0.15) is 43.1 Å². The number of rotatable bonds is 11. The van der Waals surface area contributed by atoms with Gasteiger partial charge in [0, 0.05) is 46.3 Å². The van der Waals surface area contributed by atoms with Crippen molar-refractivity contribution in [3.8, 4) is 5.75 Å². The van der Waals surface area contributed by atoms with Crippen LogP contribution in [0.4, 0.5) is 4.39 Å². The molecule has 3 atom stereocenters. The van der Waals surface area contributed by atoms with Gasteiger partial charge in [0.1, 0.15) is 12.4 Å². The molecule has 0 spiro atoms. The Kier molecular flexibility index (Phi) is 8.78. The van der Waals surface area contributed by atoms with E-state index in [1.807, 2.05) is 18.2 Å². The van der Waals surface area contributed by atoms with Crippen LogP contribution in [0.25, 0.3) is 10.9 Å². The minimum atomic E-state index is -0.849. The highest BCUT2D eigenvalue weighted by Crippen LogP contribution is 2.47. The van der Waals surface area contributed by atoms with Gasteiger partial charge in [-0.15, -0.1) is 0 Å². The van der Waals surface area contributed by atoms with Crippen LogP contribution in [0.2, 0.25) is 10.0 Å². The average molecular weight is 536 g/mol. The molecule has 0 radical (unpaired) electrons. The predicted molar refractivity (Wildman–Crippen MR) is 142 cm³/mol. The smallest absolute Gasteiger partial charge is 0.307 e. The second-order valence-corrected chi connectivity index (χ2v) is 10.2. The lowest BCUT2D eigenvalue weighted by atomic mass is 9.87. The number of alkyl halides is 1. The fraction of sp³-hybridized carbons (Fsp3) is 0.444. The number of carbonyl (C=O) groups is 1. The van der Waals surface area contributed by atoms with E-state index in [4.69, 9.17) is 27.9 Å². The lowest BCUT2D eigenvalue weighted by molar-refractivity contribution is -0.142. The average Bonchev–Trinajstić information content (AvgIpc) is 3.22. The maximum absolute atomic E-state index is 12.3. The van der Waals surface area contributed by atoms with Gasteiger partial charge in [-0.3, -0.25) is 14.1 Å². The van der Waals surface area contributed by atoms with Crippen LogP contribution in [0.15, 0.2) is 36.4 Å². The Morgan fingerprint density at radius 1 is 1.28 bits per heavy atom. The second kappa shape index (κ2) is 11.8. The number of aromatic nitrogens is 1. The summed E-state index contributed by atoms with van der Waals surface area (Å²) in [5.74, 6) is -0.920. The summed E-state index contributed by atoms with van der Waals surface area (Å²) in [7, 11) is 0. The lowest BCUT2D eigenvalue weighted by Gasteiger charge is -2.42. The molecule has 9 heteroatoms. The summed E-state index contributed by atoms with van der Waals surface area (Å²) in [6.07, 6.45) is 1.24. The van der Waals surface area contributed by atoms with Crippen molar-refractivity contribution in [1.29, 1.82) is 0 Å². The van der Waals surface area contributed by atoms with Crippen LogP contribution in [-0.4, -0.2) is 59.9 Å². The maximum Gasteiger partial charge on any atom is 0.307 e. The third kappa shape index (κ3) is 5.49. The van der Waals surface area contributed by atoms with E-state index in [0.29, 0.717) is 54.0 Å². The quantitative estimate of drug-likeness (QED) is 0.268. The number of fused-ring (bicyclic) bond motifs is 3. The van der Waals surface area contributed by atoms with E-state index in [0.717, 1.165) is 23.0 Å². The van der Waals surface area contributed by atoms with E-state index < -0.39 is 11.9 Å². The van der Waals surface area contributed by atoms with Gasteiger partial charge >= 0.3 is 5.97 Å². The molecule has 0 saturated carbocycles. The molecule has 36 heavy (non-hydrogen) atoms. The number of hydrogen-bond donors (Lipinski definition) is 3. The molecule has 0 aliphatic carbocycles. The van der Waals surface area contributed by atoms with Gasteiger partial charge in [0.05, 0.1) is 23.7 Å². The van der Waals surface area contributed by atoms with E-state index in [2.05, 4.69) is 28.2 Å². The highest BCUT2D eigenvalue weighted by atomic mass is 35.5. The Bertz CT molecular complexity index is 1220. The number of nitrogens with zero attached hydrogens (tertiary/aromatic N) is 1. The van der Waals surface area contributed by atoms with Crippen molar-refractivity contribution < 1.29 is 19.0 Å². The minimum absolute atomic E-state index is 0.0555. The molecular formula is C27H32Cl2FN3O3. The third-order valence-corrected chi connectivity index (χ3v) is 7.53. The maximum atomic E-state index is 12.3. The Balaban J connectivity index is 1.75. The van der Waals surface area contributed by atoms with Crippen LogP contribution in [0.5, 0.6) is 5.75 Å². The van der Waals surface area contributed by atoms with Gasteiger partial charge in [-0.05, 0) is 50.1 Å². The Morgan fingerprint density at radius 2 is 2.06 bits per heavy atom. The van der Waals surface area contributed by atoms with E-state index >= 15 is 0 Å². The van der Waals surface area contributed by atoms with Gasteiger partial charge in [-0.25, -0.2) is 0 Å². The van der Waals surface area contributed by atoms with Crippen LogP contribution in [0, 0.1) is 5.92 Å². The van der Waals surface area contributed by atoms with Crippen molar-refractivity contribution in [2.24, 2.45) is 5.92 Å². The minimum Gasteiger partial charge on any atom is -0.491 e. The highest BCUT2D eigenvalue weighted by Gasteiger charge is 2.39. The van der Waals surface area contributed by atoms with E-state index in [1.54, 1.807) is 19.1 Å². The van der Waals surface area contributed by atoms with Crippen molar-refractivity contribution in [2.75, 3.05) is 32.9 Å². The van der Waals surface area contributed by atoms with Crippen LogP contribution < -0.4 is 10.1 Å². The summed E-state index contributed by atoms with van der Waals surface area (Å²) < 4.78 is 18.3. The number of aliphatic carboxylic acids is 1. The zero-order valence-corrected chi connectivity index (χ0v) is 22.0. The second-order valence-electron chi connectivity index (χ2n) is 9.37. The topological polar surface area (TPSA) is 77.6 Å². The molecule has 1 aliphatic rings. The van der Waals surface area contributed by atoms with E-state index in [9.17, 15) is 14.3 Å². The molecule has 4 rings (SSSR count). The Hall–Kier alpha value is -2.32. The first-order chi connectivity index (χ1) is 17.3.